The molecule has 2 heterocycles. The zero-order chi connectivity index (χ0) is 21.3. The topological polar surface area (TPSA) is 55.2 Å². The summed E-state index contributed by atoms with van der Waals surface area (Å²) in [4.78, 5) is 5.00. The molecular formula is C25H29N3O2S. The third-order valence-electron chi connectivity index (χ3n) is 6.73. The fourth-order valence-electron chi connectivity index (χ4n) is 4.93. The third kappa shape index (κ3) is 4.19. The van der Waals surface area contributed by atoms with Crippen LogP contribution in [0, 0.1) is 5.92 Å². The normalized spacial score (nSPS) is 18.1. The molecule has 5 nitrogen and oxygen atoms in total. The predicted octanol–water partition coefficient (Wildman–Crippen LogP) is 4.53. The van der Waals surface area contributed by atoms with Crippen LogP contribution in [0.15, 0.2) is 65.8 Å². The number of fused-ring (bicyclic) bond motifs is 1. The summed E-state index contributed by atoms with van der Waals surface area (Å²) < 4.78 is 30.4. The molecule has 1 aliphatic heterocycles. The number of piperidine rings is 1. The van der Waals surface area contributed by atoms with Crippen molar-refractivity contribution in [3.05, 3.63) is 72.1 Å². The van der Waals surface area contributed by atoms with Gasteiger partial charge in [-0.1, -0.05) is 36.4 Å². The van der Waals surface area contributed by atoms with Gasteiger partial charge in [-0.25, -0.2) is 13.4 Å². The molecule has 0 amide bonds. The Morgan fingerprint density at radius 3 is 2.45 bits per heavy atom. The maximum Gasteiger partial charge on any atom is 0.243 e. The smallest absolute Gasteiger partial charge is 0.243 e. The summed E-state index contributed by atoms with van der Waals surface area (Å²) in [5, 5.41) is 0. The molecule has 0 bridgehead atoms. The predicted molar refractivity (Wildman–Crippen MR) is 122 cm³/mol. The first kappa shape index (κ1) is 20.5. The third-order valence-corrected chi connectivity index (χ3v) is 8.63. The van der Waals surface area contributed by atoms with E-state index in [0.29, 0.717) is 23.9 Å². The molecule has 0 saturated carbocycles. The van der Waals surface area contributed by atoms with E-state index in [0.717, 1.165) is 50.0 Å². The van der Waals surface area contributed by atoms with Crippen LogP contribution in [0.25, 0.3) is 11.4 Å². The summed E-state index contributed by atoms with van der Waals surface area (Å²) in [7, 11) is -3.42. The van der Waals surface area contributed by atoms with Gasteiger partial charge in [0.1, 0.15) is 5.82 Å². The van der Waals surface area contributed by atoms with Crippen LogP contribution >= 0.6 is 0 Å². The van der Waals surface area contributed by atoms with E-state index in [1.807, 2.05) is 48.8 Å². The Hall–Kier alpha value is -2.44. The van der Waals surface area contributed by atoms with E-state index in [-0.39, 0.29) is 0 Å². The fraction of sp³-hybridized carbons (Fsp3) is 0.400. The van der Waals surface area contributed by atoms with Crippen LogP contribution in [-0.4, -0.2) is 35.4 Å². The number of hydrogen-bond donors (Lipinski definition) is 0. The molecule has 162 valence electrons. The van der Waals surface area contributed by atoms with Gasteiger partial charge in [0.05, 0.1) is 4.90 Å². The first-order valence-electron chi connectivity index (χ1n) is 11.3. The van der Waals surface area contributed by atoms with Gasteiger partial charge in [-0.15, -0.1) is 0 Å². The number of imidazole rings is 1. The molecule has 31 heavy (non-hydrogen) atoms. The van der Waals surface area contributed by atoms with E-state index in [4.69, 9.17) is 0 Å². The number of benzene rings is 2. The number of nitrogens with zero attached hydrogens (tertiary/aromatic N) is 3. The quantitative estimate of drug-likeness (QED) is 0.592. The average Bonchev–Trinajstić information content (AvgIpc) is 3.28. The molecule has 0 unspecified atom stereocenters. The Balaban J connectivity index is 1.25. The van der Waals surface area contributed by atoms with E-state index < -0.39 is 10.0 Å². The van der Waals surface area contributed by atoms with Crippen molar-refractivity contribution in [3.8, 4) is 11.4 Å². The van der Waals surface area contributed by atoms with Crippen LogP contribution in [0.5, 0.6) is 0 Å². The highest BCUT2D eigenvalue weighted by Gasteiger charge is 2.30. The highest BCUT2D eigenvalue weighted by Crippen LogP contribution is 2.29. The molecule has 0 spiro atoms. The molecule has 1 aromatic heterocycles. The van der Waals surface area contributed by atoms with Gasteiger partial charge in [0, 0.05) is 37.6 Å². The zero-order valence-corrected chi connectivity index (χ0v) is 18.6. The molecule has 1 fully saturated rings. The Kier molecular flexibility index (Phi) is 5.67. The van der Waals surface area contributed by atoms with Crippen molar-refractivity contribution in [2.24, 2.45) is 5.92 Å². The molecule has 0 radical (unpaired) electrons. The zero-order valence-electron chi connectivity index (χ0n) is 17.8. The fourth-order valence-corrected chi connectivity index (χ4v) is 6.45. The SMILES string of the molecule is O=S(=O)(c1ccc2c(c1)CCCC2)N1CCC(Cn2ccnc2-c2ccccc2)CC1. The maximum atomic E-state index is 13.2. The van der Waals surface area contributed by atoms with Gasteiger partial charge in [0.15, 0.2) is 0 Å². The van der Waals surface area contributed by atoms with E-state index in [1.165, 1.54) is 17.5 Å². The minimum atomic E-state index is -3.42. The molecule has 3 aromatic rings. The lowest BCUT2D eigenvalue weighted by molar-refractivity contribution is 0.253. The molecule has 6 heteroatoms. The first-order chi connectivity index (χ1) is 15.1. The lowest BCUT2D eigenvalue weighted by Crippen LogP contribution is -2.39. The van der Waals surface area contributed by atoms with Crippen molar-refractivity contribution in [1.82, 2.24) is 13.9 Å². The largest absolute Gasteiger partial charge is 0.331 e. The summed E-state index contributed by atoms with van der Waals surface area (Å²) in [6.45, 7) is 2.04. The summed E-state index contributed by atoms with van der Waals surface area (Å²) >= 11 is 0. The second-order valence-corrected chi connectivity index (χ2v) is 10.7. The number of aromatic nitrogens is 2. The van der Waals surface area contributed by atoms with Crippen molar-refractivity contribution in [1.29, 1.82) is 0 Å². The van der Waals surface area contributed by atoms with E-state index >= 15 is 0 Å². The summed E-state index contributed by atoms with van der Waals surface area (Å²) in [5.41, 5.74) is 3.65. The molecule has 5 rings (SSSR count). The van der Waals surface area contributed by atoms with Gasteiger partial charge in [0.25, 0.3) is 0 Å². The van der Waals surface area contributed by atoms with Crippen LogP contribution < -0.4 is 0 Å². The van der Waals surface area contributed by atoms with Crippen molar-refractivity contribution in [3.63, 3.8) is 0 Å². The summed E-state index contributed by atoms with van der Waals surface area (Å²) in [6.07, 6.45) is 10.0. The van der Waals surface area contributed by atoms with Crippen LogP contribution in [0.1, 0.15) is 36.8 Å². The monoisotopic (exact) mass is 435 g/mol. The highest BCUT2D eigenvalue weighted by molar-refractivity contribution is 7.89. The molecule has 0 atom stereocenters. The number of rotatable bonds is 5. The van der Waals surface area contributed by atoms with Crippen molar-refractivity contribution in [2.45, 2.75) is 50.0 Å². The Bertz CT molecular complexity index is 1150. The molecule has 1 aliphatic carbocycles. The lowest BCUT2D eigenvalue weighted by Gasteiger charge is -2.32. The minimum absolute atomic E-state index is 0.451. The second kappa shape index (κ2) is 8.60. The van der Waals surface area contributed by atoms with Gasteiger partial charge < -0.3 is 4.57 Å². The highest BCUT2D eigenvalue weighted by atomic mass is 32.2. The van der Waals surface area contributed by atoms with E-state index in [1.54, 1.807) is 4.31 Å². The van der Waals surface area contributed by atoms with Crippen molar-refractivity contribution >= 4 is 10.0 Å². The second-order valence-electron chi connectivity index (χ2n) is 8.75. The molecule has 1 saturated heterocycles. The van der Waals surface area contributed by atoms with Gasteiger partial charge in [-0.2, -0.15) is 4.31 Å². The maximum absolute atomic E-state index is 13.2. The Labute approximate surface area is 184 Å². The number of aryl methyl sites for hydroxylation is 2. The Morgan fingerprint density at radius 2 is 1.68 bits per heavy atom. The van der Waals surface area contributed by atoms with Crippen LogP contribution in [-0.2, 0) is 29.4 Å². The van der Waals surface area contributed by atoms with Crippen molar-refractivity contribution in [2.75, 3.05) is 13.1 Å². The molecule has 2 aliphatic rings. The molecule has 0 N–H and O–H groups in total. The number of hydrogen-bond acceptors (Lipinski definition) is 3. The number of sulfonamides is 1. The van der Waals surface area contributed by atoms with E-state index in [2.05, 4.69) is 21.7 Å². The minimum Gasteiger partial charge on any atom is -0.331 e. The summed E-state index contributed by atoms with van der Waals surface area (Å²) in [5.74, 6) is 1.43. The first-order valence-corrected chi connectivity index (χ1v) is 12.7. The lowest BCUT2D eigenvalue weighted by atomic mass is 9.92. The van der Waals surface area contributed by atoms with E-state index in [9.17, 15) is 8.42 Å². The summed E-state index contributed by atoms with van der Waals surface area (Å²) in [6, 6.07) is 16.0. The van der Waals surface area contributed by atoms with Crippen LogP contribution in [0.2, 0.25) is 0 Å². The molecule has 2 aromatic carbocycles. The van der Waals surface area contributed by atoms with Gasteiger partial charge >= 0.3 is 0 Å². The average molecular weight is 436 g/mol. The Morgan fingerprint density at radius 1 is 0.935 bits per heavy atom. The molecular weight excluding hydrogens is 406 g/mol. The van der Waals surface area contributed by atoms with Gasteiger partial charge in [0.2, 0.25) is 10.0 Å². The van der Waals surface area contributed by atoms with Gasteiger partial charge in [-0.05, 0) is 67.7 Å². The standard InChI is InChI=1S/C25H29N3O2S/c29-31(30,24-11-10-21-6-4-5-9-23(21)18-24)28-15-12-20(13-16-28)19-27-17-14-26-25(27)22-7-2-1-3-8-22/h1-3,7-8,10-11,14,17-18,20H,4-6,9,12-13,15-16,19H2. The van der Waals surface area contributed by atoms with Gasteiger partial charge in [-0.3, -0.25) is 0 Å². The van der Waals surface area contributed by atoms with Crippen molar-refractivity contribution < 1.29 is 8.42 Å². The van der Waals surface area contributed by atoms with Crippen LogP contribution in [0.3, 0.4) is 0 Å². The van der Waals surface area contributed by atoms with Crippen LogP contribution in [0.4, 0.5) is 0 Å².